The van der Waals surface area contributed by atoms with Crippen molar-refractivity contribution in [3.05, 3.63) is 47.5 Å². The summed E-state index contributed by atoms with van der Waals surface area (Å²) in [5.41, 5.74) is 0.250. The Bertz CT molecular complexity index is 550. The number of hydrogen-bond donors (Lipinski definition) is 1. The van der Waals surface area contributed by atoms with Crippen LogP contribution in [0.15, 0.2) is 36.8 Å². The summed E-state index contributed by atoms with van der Waals surface area (Å²) in [6.07, 6.45) is 4.75. The molecule has 0 aliphatic carbocycles. The van der Waals surface area contributed by atoms with Gasteiger partial charge in [-0.1, -0.05) is 11.6 Å². The van der Waals surface area contributed by atoms with E-state index in [2.05, 4.69) is 20.3 Å². The van der Waals surface area contributed by atoms with Gasteiger partial charge < -0.3 is 10.1 Å². The summed E-state index contributed by atoms with van der Waals surface area (Å²) in [4.78, 5) is 23.4. The molecular weight excluding hydrogens is 268 g/mol. The van der Waals surface area contributed by atoms with Gasteiger partial charge in [0.2, 0.25) is 5.95 Å². The molecule has 0 aliphatic rings. The summed E-state index contributed by atoms with van der Waals surface area (Å²) in [7, 11) is 0. The molecule has 0 aromatic carbocycles. The molecule has 0 radical (unpaired) electrons. The van der Waals surface area contributed by atoms with Crippen molar-refractivity contribution in [2.45, 2.75) is 0 Å². The van der Waals surface area contributed by atoms with Crippen LogP contribution in [0.4, 0.5) is 5.95 Å². The van der Waals surface area contributed by atoms with Crippen LogP contribution >= 0.6 is 11.6 Å². The molecule has 0 saturated heterocycles. The first-order valence-corrected chi connectivity index (χ1v) is 5.93. The van der Waals surface area contributed by atoms with Gasteiger partial charge in [0.1, 0.15) is 11.8 Å². The van der Waals surface area contributed by atoms with Crippen LogP contribution in [0.2, 0.25) is 5.15 Å². The van der Waals surface area contributed by atoms with E-state index in [1.54, 1.807) is 30.6 Å². The molecule has 0 fully saturated rings. The minimum atomic E-state index is -0.506. The molecule has 2 aromatic heterocycles. The van der Waals surface area contributed by atoms with Gasteiger partial charge in [-0.05, 0) is 18.2 Å². The number of halogens is 1. The molecule has 2 aromatic rings. The Morgan fingerprint density at radius 2 is 1.95 bits per heavy atom. The fraction of sp³-hybridized carbons (Fsp3) is 0.167. The van der Waals surface area contributed by atoms with Crippen LogP contribution in [0, 0.1) is 0 Å². The number of hydrogen-bond acceptors (Lipinski definition) is 6. The number of esters is 1. The molecule has 0 bridgehead atoms. The van der Waals surface area contributed by atoms with Crippen molar-refractivity contribution in [1.29, 1.82) is 0 Å². The molecule has 0 saturated carbocycles. The highest BCUT2D eigenvalue weighted by Crippen LogP contribution is 2.12. The van der Waals surface area contributed by atoms with Gasteiger partial charge in [-0.3, -0.25) is 0 Å². The molecule has 6 nitrogen and oxygen atoms in total. The van der Waals surface area contributed by atoms with Gasteiger partial charge in [0, 0.05) is 18.6 Å². The SMILES string of the molecule is O=C(OCCNc1ncccn1)c1cccnc1Cl. The van der Waals surface area contributed by atoms with Crippen LogP contribution in [0.5, 0.6) is 0 Å². The highest BCUT2D eigenvalue weighted by atomic mass is 35.5. The normalized spacial score (nSPS) is 9.95. The standard InChI is InChI=1S/C12H11ClN4O2/c13-10-9(3-1-4-14-10)11(18)19-8-7-17-12-15-5-2-6-16-12/h1-6H,7-8H2,(H,15,16,17). The van der Waals surface area contributed by atoms with E-state index >= 15 is 0 Å². The zero-order valence-corrected chi connectivity index (χ0v) is 10.7. The second kappa shape index (κ2) is 6.65. The zero-order chi connectivity index (χ0) is 13.5. The Hall–Kier alpha value is -2.21. The van der Waals surface area contributed by atoms with E-state index in [1.807, 2.05) is 0 Å². The van der Waals surface area contributed by atoms with Gasteiger partial charge in [-0.25, -0.2) is 19.7 Å². The molecule has 0 spiro atoms. The lowest BCUT2D eigenvalue weighted by molar-refractivity contribution is 0.0520. The number of carbonyl (C=O) groups excluding carboxylic acids is 1. The van der Waals surface area contributed by atoms with Crippen molar-refractivity contribution in [2.24, 2.45) is 0 Å². The van der Waals surface area contributed by atoms with E-state index in [0.717, 1.165) is 0 Å². The number of pyridine rings is 1. The van der Waals surface area contributed by atoms with Crippen molar-refractivity contribution < 1.29 is 9.53 Å². The third kappa shape index (κ3) is 3.89. The number of nitrogens with zero attached hydrogens (tertiary/aromatic N) is 3. The van der Waals surface area contributed by atoms with E-state index in [9.17, 15) is 4.79 Å². The Morgan fingerprint density at radius 3 is 2.68 bits per heavy atom. The first kappa shape index (κ1) is 13.2. The molecule has 0 atom stereocenters. The molecule has 1 N–H and O–H groups in total. The number of rotatable bonds is 5. The first-order valence-electron chi connectivity index (χ1n) is 5.56. The summed E-state index contributed by atoms with van der Waals surface area (Å²) in [5, 5.41) is 3.05. The van der Waals surface area contributed by atoms with Gasteiger partial charge in [0.15, 0.2) is 0 Å². The lowest BCUT2D eigenvalue weighted by atomic mass is 10.3. The maximum Gasteiger partial charge on any atom is 0.341 e. The molecule has 2 heterocycles. The Morgan fingerprint density at radius 1 is 1.21 bits per heavy atom. The predicted octanol–water partition coefficient (Wildman–Crippen LogP) is 1.79. The van der Waals surface area contributed by atoms with Gasteiger partial charge in [-0.2, -0.15) is 0 Å². The maximum absolute atomic E-state index is 11.7. The molecule has 0 unspecified atom stereocenters. The zero-order valence-electron chi connectivity index (χ0n) is 9.91. The largest absolute Gasteiger partial charge is 0.460 e. The van der Waals surface area contributed by atoms with E-state index in [-0.39, 0.29) is 17.3 Å². The molecule has 2 rings (SSSR count). The Labute approximate surface area is 114 Å². The van der Waals surface area contributed by atoms with Crippen molar-refractivity contribution >= 4 is 23.5 Å². The number of aromatic nitrogens is 3. The lowest BCUT2D eigenvalue weighted by Gasteiger charge is -2.06. The van der Waals surface area contributed by atoms with Gasteiger partial charge >= 0.3 is 5.97 Å². The predicted molar refractivity (Wildman–Crippen MR) is 70.1 cm³/mol. The van der Waals surface area contributed by atoms with Crippen LogP contribution in [0.25, 0.3) is 0 Å². The molecule has 19 heavy (non-hydrogen) atoms. The number of anilines is 1. The van der Waals surface area contributed by atoms with Crippen molar-refractivity contribution in [3.8, 4) is 0 Å². The van der Waals surface area contributed by atoms with Crippen molar-refractivity contribution in [2.75, 3.05) is 18.5 Å². The smallest absolute Gasteiger partial charge is 0.341 e. The summed E-state index contributed by atoms with van der Waals surface area (Å²) in [6.45, 7) is 0.593. The molecule has 98 valence electrons. The van der Waals surface area contributed by atoms with Crippen LogP contribution in [0.1, 0.15) is 10.4 Å². The number of carbonyl (C=O) groups is 1. The van der Waals surface area contributed by atoms with Crippen LogP contribution in [-0.2, 0) is 4.74 Å². The van der Waals surface area contributed by atoms with Crippen molar-refractivity contribution in [1.82, 2.24) is 15.0 Å². The second-order valence-electron chi connectivity index (χ2n) is 3.48. The summed E-state index contributed by atoms with van der Waals surface area (Å²) >= 11 is 5.78. The fourth-order valence-corrected chi connectivity index (χ4v) is 1.51. The first-order chi connectivity index (χ1) is 9.27. The fourth-order valence-electron chi connectivity index (χ4n) is 1.31. The topological polar surface area (TPSA) is 77.0 Å². The highest BCUT2D eigenvalue weighted by Gasteiger charge is 2.11. The summed E-state index contributed by atoms with van der Waals surface area (Å²) in [6, 6.07) is 4.90. The third-order valence-electron chi connectivity index (χ3n) is 2.16. The van der Waals surface area contributed by atoms with Gasteiger partial charge in [0.05, 0.1) is 12.1 Å². The molecule has 7 heteroatoms. The molecule has 0 amide bonds. The summed E-state index contributed by atoms with van der Waals surface area (Å²) < 4.78 is 5.05. The van der Waals surface area contributed by atoms with Gasteiger partial charge in [0.25, 0.3) is 0 Å². The monoisotopic (exact) mass is 278 g/mol. The van der Waals surface area contributed by atoms with Crippen molar-refractivity contribution in [3.63, 3.8) is 0 Å². The van der Waals surface area contributed by atoms with Gasteiger partial charge in [-0.15, -0.1) is 0 Å². The summed E-state index contributed by atoms with van der Waals surface area (Å²) in [5.74, 6) is -0.0214. The number of nitrogens with one attached hydrogen (secondary N) is 1. The maximum atomic E-state index is 11.7. The van der Waals surface area contributed by atoms with Crippen LogP contribution < -0.4 is 5.32 Å². The second-order valence-corrected chi connectivity index (χ2v) is 3.83. The lowest BCUT2D eigenvalue weighted by Crippen LogP contribution is -2.15. The molecule has 0 aliphatic heterocycles. The number of ether oxygens (including phenoxy) is 1. The van der Waals surface area contributed by atoms with E-state index in [0.29, 0.717) is 12.5 Å². The minimum Gasteiger partial charge on any atom is -0.460 e. The third-order valence-corrected chi connectivity index (χ3v) is 2.46. The van der Waals surface area contributed by atoms with Crippen LogP contribution in [-0.4, -0.2) is 34.1 Å². The average molecular weight is 279 g/mol. The Balaban J connectivity index is 1.77. The van der Waals surface area contributed by atoms with Crippen LogP contribution in [0.3, 0.4) is 0 Å². The quantitative estimate of drug-likeness (QED) is 0.510. The van der Waals surface area contributed by atoms with E-state index in [1.165, 1.54) is 6.20 Å². The highest BCUT2D eigenvalue weighted by molar-refractivity contribution is 6.32. The minimum absolute atomic E-state index is 0.131. The average Bonchev–Trinajstić information content (AvgIpc) is 2.45. The van der Waals surface area contributed by atoms with E-state index < -0.39 is 5.97 Å². The molecular formula is C12H11ClN4O2. The van der Waals surface area contributed by atoms with E-state index in [4.69, 9.17) is 16.3 Å². The Kier molecular flexibility index (Phi) is 4.63.